The van der Waals surface area contributed by atoms with E-state index in [4.69, 9.17) is 0 Å². The van der Waals surface area contributed by atoms with Crippen LogP contribution in [0.3, 0.4) is 0 Å². The molecule has 4 amide bonds. The summed E-state index contributed by atoms with van der Waals surface area (Å²) in [4.78, 5) is 56.1. The third-order valence-corrected chi connectivity index (χ3v) is 10.7. The van der Waals surface area contributed by atoms with Crippen molar-refractivity contribution in [3.8, 4) is 0 Å². The Hall–Kier alpha value is -4.20. The number of nitrogens with zero attached hydrogens (tertiary/aromatic N) is 2. The van der Waals surface area contributed by atoms with Gasteiger partial charge in [-0.05, 0) is 52.6 Å². The number of hydrogen-bond donors (Lipinski definition) is 0. The van der Waals surface area contributed by atoms with Gasteiger partial charge in [-0.1, -0.05) is 79.1 Å². The van der Waals surface area contributed by atoms with Gasteiger partial charge < -0.3 is 0 Å². The van der Waals surface area contributed by atoms with Crippen molar-refractivity contribution in [3.05, 3.63) is 63.1 Å². The van der Waals surface area contributed by atoms with Crippen LogP contribution >= 0.6 is 15.9 Å². The van der Waals surface area contributed by atoms with E-state index in [1.54, 1.807) is 33.8 Å². The van der Waals surface area contributed by atoms with Gasteiger partial charge in [0.05, 0.1) is 0 Å². The topological polar surface area (TPSA) is 74.8 Å². The SMILES string of the molecule is Bc1cc2c3c(ccc4c5c(Br)cc6c7c(ccc(c1c34)c75)C(=O)N(C(CCCC)C(F)(F)F)C6=O)C(=O)N(C(CCCC)C(F)(F)F)C2=O. The maximum atomic E-state index is 14.3. The normalized spacial score (nSPS) is 16.6. The third-order valence-electron chi connectivity index (χ3n) is 10.1. The highest BCUT2D eigenvalue weighted by Gasteiger charge is 2.51. The average molecular weight is 757 g/mol. The zero-order valence-corrected chi connectivity index (χ0v) is 28.6. The van der Waals surface area contributed by atoms with Crippen LogP contribution in [0.25, 0.3) is 43.1 Å². The van der Waals surface area contributed by atoms with Gasteiger partial charge in [0.1, 0.15) is 19.9 Å². The molecule has 2 aliphatic rings. The quantitative estimate of drug-likeness (QED) is 0.0527. The second-order valence-electron chi connectivity index (χ2n) is 13.1. The first-order valence-corrected chi connectivity index (χ1v) is 17.1. The number of amides is 4. The highest BCUT2D eigenvalue weighted by molar-refractivity contribution is 9.10. The summed E-state index contributed by atoms with van der Waals surface area (Å²) < 4.78 is 86.3. The van der Waals surface area contributed by atoms with Crippen molar-refractivity contribution in [2.45, 2.75) is 76.8 Å². The van der Waals surface area contributed by atoms with Gasteiger partial charge in [0.2, 0.25) is 0 Å². The van der Waals surface area contributed by atoms with E-state index < -0.39 is 60.9 Å². The zero-order valence-electron chi connectivity index (χ0n) is 27.0. The number of benzene rings is 5. The number of fused-ring (bicyclic) bond motifs is 2. The molecule has 7 rings (SSSR count). The number of hydrogen-bond acceptors (Lipinski definition) is 4. The summed E-state index contributed by atoms with van der Waals surface area (Å²) in [6.45, 7) is 3.43. The molecule has 0 saturated carbocycles. The van der Waals surface area contributed by atoms with Gasteiger partial charge >= 0.3 is 12.4 Å². The Labute approximate surface area is 290 Å². The third kappa shape index (κ3) is 4.76. The first-order valence-electron chi connectivity index (χ1n) is 16.3. The second kappa shape index (κ2) is 11.7. The molecule has 2 heterocycles. The Morgan fingerprint density at radius 3 is 1.44 bits per heavy atom. The van der Waals surface area contributed by atoms with E-state index in [0.717, 1.165) is 0 Å². The number of carbonyl (C=O) groups is 4. The molecular weight excluding hydrogens is 729 g/mol. The maximum Gasteiger partial charge on any atom is 0.409 e. The molecule has 0 N–H and O–H groups in total. The molecule has 2 unspecified atom stereocenters. The minimum atomic E-state index is -4.85. The molecule has 0 aliphatic carbocycles. The average Bonchev–Trinajstić information content (AvgIpc) is 3.04. The fraction of sp³-hybridized carbons (Fsp3) is 0.333. The summed E-state index contributed by atoms with van der Waals surface area (Å²) in [6.07, 6.45) is -9.42. The van der Waals surface area contributed by atoms with E-state index in [2.05, 4.69) is 15.9 Å². The summed E-state index contributed by atoms with van der Waals surface area (Å²) in [7, 11) is 1.67. The van der Waals surface area contributed by atoms with Crippen LogP contribution in [0.15, 0.2) is 40.9 Å². The van der Waals surface area contributed by atoms with Crippen molar-refractivity contribution in [1.29, 1.82) is 0 Å². The van der Waals surface area contributed by atoms with Crippen molar-refractivity contribution in [2.24, 2.45) is 0 Å². The monoisotopic (exact) mass is 756 g/mol. The summed E-state index contributed by atoms with van der Waals surface area (Å²) in [5.74, 6) is -4.25. The van der Waals surface area contributed by atoms with Crippen LogP contribution in [0.1, 0.15) is 93.8 Å². The fourth-order valence-electron chi connectivity index (χ4n) is 7.90. The molecule has 0 aromatic heterocycles. The maximum absolute atomic E-state index is 14.3. The van der Waals surface area contributed by atoms with Gasteiger partial charge in [-0.25, -0.2) is 0 Å². The molecule has 0 fully saturated rings. The molecule has 14 heteroatoms. The van der Waals surface area contributed by atoms with E-state index in [-0.39, 0.29) is 45.9 Å². The van der Waals surface area contributed by atoms with E-state index in [9.17, 15) is 45.5 Å². The zero-order chi connectivity index (χ0) is 36.2. The minimum absolute atomic E-state index is 0.0557. The second-order valence-corrected chi connectivity index (χ2v) is 13.9. The Morgan fingerprint density at radius 1 is 0.600 bits per heavy atom. The van der Waals surface area contributed by atoms with Crippen LogP contribution in [-0.4, -0.2) is 65.7 Å². The number of alkyl halides is 6. The summed E-state index contributed by atoms with van der Waals surface area (Å²) in [5.41, 5.74) is 0.202. The summed E-state index contributed by atoms with van der Waals surface area (Å²) in [5, 5.41) is 3.24. The van der Waals surface area contributed by atoms with E-state index in [1.165, 1.54) is 24.3 Å². The standard InChI is InChI=1S/C36H28BBrF6N2O4/c1-3-5-7-23(35(39,40)41)45-31(47)17-12-10-16-28-22(38)14-20-26-18(32(48)46(34(20)50)24(8-6-4-2)36(42,43)44)11-9-15(30(26)28)27-21(37)13-19(33(45)49)25(17)29(16)27/h9-14,23-24H,3-8,37H2,1-2H3. The minimum Gasteiger partial charge on any atom is -0.269 e. The molecule has 258 valence electrons. The molecule has 5 aromatic carbocycles. The van der Waals surface area contributed by atoms with Crippen LogP contribution in [0.4, 0.5) is 26.3 Å². The molecule has 0 saturated heterocycles. The Morgan fingerprint density at radius 2 is 1.00 bits per heavy atom. The number of halogens is 7. The number of unbranched alkanes of at least 4 members (excludes halogenated alkanes) is 2. The molecule has 50 heavy (non-hydrogen) atoms. The van der Waals surface area contributed by atoms with Crippen molar-refractivity contribution in [2.75, 3.05) is 0 Å². The molecular formula is C36H28BBrF6N2O4. The van der Waals surface area contributed by atoms with Gasteiger partial charge in [0.25, 0.3) is 23.6 Å². The van der Waals surface area contributed by atoms with Crippen LogP contribution in [0, 0.1) is 0 Å². The fourth-order valence-corrected chi connectivity index (χ4v) is 8.54. The Bertz CT molecular complexity index is 2160. The van der Waals surface area contributed by atoms with Crippen LogP contribution in [0.2, 0.25) is 0 Å². The number of imide groups is 2. The largest absolute Gasteiger partial charge is 0.409 e. The highest BCUT2D eigenvalue weighted by atomic mass is 79.9. The lowest BCUT2D eigenvalue weighted by molar-refractivity contribution is -0.173. The van der Waals surface area contributed by atoms with Crippen molar-refractivity contribution < 1.29 is 45.5 Å². The molecule has 0 bridgehead atoms. The lowest BCUT2D eigenvalue weighted by Gasteiger charge is -2.36. The number of carbonyl (C=O) groups excluding carboxylic acids is 4. The first kappa shape index (κ1) is 34.3. The Kier molecular flexibility index (Phi) is 8.00. The van der Waals surface area contributed by atoms with E-state index in [1.807, 2.05) is 0 Å². The summed E-state index contributed by atoms with van der Waals surface area (Å²) in [6, 6.07) is 4.10. The molecule has 6 nitrogen and oxygen atoms in total. The highest BCUT2D eigenvalue weighted by Crippen LogP contribution is 2.49. The van der Waals surface area contributed by atoms with Crippen LogP contribution < -0.4 is 5.46 Å². The first-order chi connectivity index (χ1) is 23.5. The van der Waals surface area contributed by atoms with Gasteiger partial charge in [0, 0.05) is 48.3 Å². The lowest BCUT2D eigenvalue weighted by atomic mass is 9.77. The van der Waals surface area contributed by atoms with Gasteiger partial charge in [0.15, 0.2) is 0 Å². The smallest absolute Gasteiger partial charge is 0.269 e. The molecule has 2 aliphatic heterocycles. The lowest BCUT2D eigenvalue weighted by Crippen LogP contribution is -2.53. The van der Waals surface area contributed by atoms with Gasteiger partial charge in [-0.2, -0.15) is 26.3 Å². The van der Waals surface area contributed by atoms with Crippen molar-refractivity contribution >= 4 is 96.0 Å². The number of rotatable bonds is 8. The molecule has 0 radical (unpaired) electrons. The molecule has 0 spiro atoms. The van der Waals surface area contributed by atoms with Crippen molar-refractivity contribution in [3.63, 3.8) is 0 Å². The van der Waals surface area contributed by atoms with Gasteiger partial charge in [-0.3, -0.25) is 29.0 Å². The molecule has 2 atom stereocenters. The van der Waals surface area contributed by atoms with Crippen LogP contribution in [-0.2, 0) is 0 Å². The molecule has 5 aromatic rings. The Balaban J connectivity index is 1.51. The van der Waals surface area contributed by atoms with E-state index in [0.29, 0.717) is 64.9 Å². The van der Waals surface area contributed by atoms with Crippen LogP contribution in [0.5, 0.6) is 0 Å². The van der Waals surface area contributed by atoms with Gasteiger partial charge in [-0.15, -0.1) is 0 Å². The predicted octanol–water partition coefficient (Wildman–Crippen LogP) is 8.19. The van der Waals surface area contributed by atoms with E-state index >= 15 is 0 Å². The predicted molar refractivity (Wildman–Crippen MR) is 183 cm³/mol. The summed E-state index contributed by atoms with van der Waals surface area (Å²) >= 11 is 3.52. The van der Waals surface area contributed by atoms with Crippen molar-refractivity contribution in [1.82, 2.24) is 9.80 Å².